The van der Waals surface area contributed by atoms with Gasteiger partial charge in [-0.1, -0.05) is 6.07 Å². The predicted octanol–water partition coefficient (Wildman–Crippen LogP) is 4.17. The maximum Gasteiger partial charge on any atom is 0.271 e. The molecule has 0 unspecified atom stereocenters. The summed E-state index contributed by atoms with van der Waals surface area (Å²) in [5, 5.41) is 13.5. The molecule has 0 aliphatic heterocycles. The number of rotatable bonds is 4. The van der Waals surface area contributed by atoms with Crippen molar-refractivity contribution in [1.29, 1.82) is 0 Å². The van der Waals surface area contributed by atoms with Crippen molar-refractivity contribution < 1.29 is 9.90 Å². The summed E-state index contributed by atoms with van der Waals surface area (Å²) in [4.78, 5) is 12.4. The highest BCUT2D eigenvalue weighted by molar-refractivity contribution is 14.1. The van der Waals surface area contributed by atoms with Crippen molar-refractivity contribution in [2.75, 3.05) is 0 Å². The van der Waals surface area contributed by atoms with Gasteiger partial charge < -0.3 is 9.67 Å². The lowest BCUT2D eigenvalue weighted by Crippen LogP contribution is -2.18. The van der Waals surface area contributed by atoms with Gasteiger partial charge in [0.05, 0.1) is 9.78 Å². The van der Waals surface area contributed by atoms with Gasteiger partial charge in [0, 0.05) is 22.6 Å². The van der Waals surface area contributed by atoms with Gasteiger partial charge in [-0.25, -0.2) is 5.43 Å². The Bertz CT molecular complexity index is 973. The van der Waals surface area contributed by atoms with Crippen LogP contribution in [0.3, 0.4) is 0 Å². The number of hydrogen-bond acceptors (Lipinski definition) is 3. The van der Waals surface area contributed by atoms with E-state index in [2.05, 4.69) is 15.1 Å². The van der Waals surface area contributed by atoms with Gasteiger partial charge in [0.25, 0.3) is 5.91 Å². The fraction of sp³-hybridized carbons (Fsp3) is 0.100. The molecule has 6 heteroatoms. The monoisotopic (exact) mass is 459 g/mol. The molecule has 1 aromatic heterocycles. The quantitative estimate of drug-likeness (QED) is 0.350. The van der Waals surface area contributed by atoms with Crippen molar-refractivity contribution >= 4 is 34.7 Å². The number of hydrazone groups is 1. The van der Waals surface area contributed by atoms with Crippen LogP contribution in [0.4, 0.5) is 0 Å². The summed E-state index contributed by atoms with van der Waals surface area (Å²) >= 11 is 2.04. The van der Waals surface area contributed by atoms with Gasteiger partial charge in [0.15, 0.2) is 0 Å². The predicted molar refractivity (Wildman–Crippen MR) is 111 cm³/mol. The fourth-order valence-corrected chi connectivity index (χ4v) is 3.23. The Morgan fingerprint density at radius 2 is 1.85 bits per heavy atom. The normalized spacial score (nSPS) is 11.0. The van der Waals surface area contributed by atoms with E-state index in [1.54, 1.807) is 30.5 Å². The number of carbonyl (C=O) groups is 1. The molecule has 5 nitrogen and oxygen atoms in total. The second kappa shape index (κ2) is 7.74. The minimum Gasteiger partial charge on any atom is -0.507 e. The zero-order chi connectivity index (χ0) is 18.7. The molecule has 2 N–H and O–H groups in total. The van der Waals surface area contributed by atoms with Gasteiger partial charge in [-0.2, -0.15) is 5.10 Å². The summed E-state index contributed by atoms with van der Waals surface area (Å²) in [6.45, 7) is 4.06. The molecule has 0 spiro atoms. The van der Waals surface area contributed by atoms with Gasteiger partial charge in [0.2, 0.25) is 0 Å². The molecule has 2 aromatic carbocycles. The number of nitrogens with one attached hydrogen (secondary N) is 1. The summed E-state index contributed by atoms with van der Waals surface area (Å²) in [7, 11) is 0. The van der Waals surface area contributed by atoms with Crippen LogP contribution in [0.1, 0.15) is 27.3 Å². The average molecular weight is 459 g/mol. The lowest BCUT2D eigenvalue weighted by atomic mass is 10.2. The van der Waals surface area contributed by atoms with Crippen LogP contribution >= 0.6 is 22.6 Å². The Hall–Kier alpha value is -2.61. The first kappa shape index (κ1) is 18.2. The van der Waals surface area contributed by atoms with Gasteiger partial charge in [-0.3, -0.25) is 4.79 Å². The standard InChI is InChI=1S/C20H18IN3O2/c1-13-6-7-14(2)24(13)17-5-3-4-16(11-17)20(26)23-22-12-15-8-9-19(25)18(21)10-15/h3-12,25H,1-2H3,(H,23,26)/b22-12-. The summed E-state index contributed by atoms with van der Waals surface area (Å²) in [6, 6.07) is 16.6. The molecule has 0 atom stereocenters. The number of benzene rings is 2. The van der Waals surface area contributed by atoms with Gasteiger partial charge in [-0.05, 0) is 90.5 Å². The summed E-state index contributed by atoms with van der Waals surface area (Å²) in [6.07, 6.45) is 1.55. The van der Waals surface area contributed by atoms with Crippen LogP contribution in [0.5, 0.6) is 5.75 Å². The van der Waals surface area contributed by atoms with Crippen LogP contribution in [0.15, 0.2) is 59.7 Å². The Labute approximate surface area is 165 Å². The molecule has 0 bridgehead atoms. The van der Waals surface area contributed by atoms with Gasteiger partial charge in [0.1, 0.15) is 5.75 Å². The lowest BCUT2D eigenvalue weighted by Gasteiger charge is -2.10. The van der Waals surface area contributed by atoms with Crippen LogP contribution in [-0.4, -0.2) is 21.8 Å². The number of phenolic OH excluding ortho intramolecular Hbond substituents is 1. The molecular formula is C20H18IN3O2. The summed E-state index contributed by atoms with van der Waals surface area (Å²) in [5.74, 6) is -0.0572. The first-order chi connectivity index (χ1) is 12.5. The molecular weight excluding hydrogens is 441 g/mol. The Balaban J connectivity index is 1.75. The molecule has 0 saturated heterocycles. The number of amides is 1. The van der Waals surface area contributed by atoms with Crippen LogP contribution in [0.2, 0.25) is 0 Å². The highest BCUT2D eigenvalue weighted by Gasteiger charge is 2.08. The first-order valence-corrected chi connectivity index (χ1v) is 9.11. The van der Waals surface area contributed by atoms with E-state index in [4.69, 9.17) is 0 Å². The van der Waals surface area contributed by atoms with E-state index in [0.29, 0.717) is 5.56 Å². The van der Waals surface area contributed by atoms with Crippen molar-refractivity contribution in [1.82, 2.24) is 9.99 Å². The zero-order valence-corrected chi connectivity index (χ0v) is 16.6. The summed E-state index contributed by atoms with van der Waals surface area (Å²) in [5.41, 5.74) is 7.03. The molecule has 0 aliphatic rings. The zero-order valence-electron chi connectivity index (χ0n) is 14.4. The van der Waals surface area contributed by atoms with E-state index >= 15 is 0 Å². The van der Waals surface area contributed by atoms with E-state index in [0.717, 1.165) is 26.2 Å². The Morgan fingerprint density at radius 3 is 2.54 bits per heavy atom. The van der Waals surface area contributed by atoms with Crippen LogP contribution in [0, 0.1) is 17.4 Å². The number of aromatic nitrogens is 1. The van der Waals surface area contributed by atoms with E-state index in [1.807, 2.05) is 66.8 Å². The van der Waals surface area contributed by atoms with Crippen LogP contribution in [-0.2, 0) is 0 Å². The lowest BCUT2D eigenvalue weighted by molar-refractivity contribution is 0.0955. The molecule has 1 amide bonds. The number of hydrogen-bond donors (Lipinski definition) is 2. The Morgan fingerprint density at radius 1 is 1.12 bits per heavy atom. The Kier molecular flexibility index (Phi) is 5.41. The van der Waals surface area contributed by atoms with Crippen molar-refractivity contribution in [3.05, 3.63) is 80.7 Å². The number of halogens is 1. The molecule has 132 valence electrons. The average Bonchev–Trinajstić information content (AvgIpc) is 2.96. The molecule has 3 rings (SSSR count). The minimum absolute atomic E-state index is 0.221. The molecule has 1 heterocycles. The highest BCUT2D eigenvalue weighted by atomic mass is 127. The van der Waals surface area contributed by atoms with E-state index < -0.39 is 0 Å². The fourth-order valence-electron chi connectivity index (χ4n) is 2.70. The molecule has 0 radical (unpaired) electrons. The van der Waals surface area contributed by atoms with Crippen LogP contribution in [0.25, 0.3) is 5.69 Å². The maximum absolute atomic E-state index is 12.4. The number of aryl methyl sites for hydroxylation is 2. The third-order valence-corrected chi connectivity index (χ3v) is 4.85. The maximum atomic E-state index is 12.4. The van der Waals surface area contributed by atoms with Crippen molar-refractivity contribution in [3.63, 3.8) is 0 Å². The molecule has 26 heavy (non-hydrogen) atoms. The first-order valence-electron chi connectivity index (χ1n) is 8.03. The molecule has 3 aromatic rings. The van der Waals surface area contributed by atoms with Crippen molar-refractivity contribution in [2.45, 2.75) is 13.8 Å². The second-order valence-corrected chi connectivity index (χ2v) is 7.07. The second-order valence-electron chi connectivity index (χ2n) is 5.91. The van der Waals surface area contributed by atoms with E-state index in [-0.39, 0.29) is 11.7 Å². The molecule has 0 aliphatic carbocycles. The largest absolute Gasteiger partial charge is 0.507 e. The van der Waals surface area contributed by atoms with Crippen LogP contribution < -0.4 is 5.43 Å². The number of aromatic hydroxyl groups is 1. The van der Waals surface area contributed by atoms with E-state index in [1.165, 1.54) is 0 Å². The van der Waals surface area contributed by atoms with Crippen molar-refractivity contribution in [3.8, 4) is 11.4 Å². The van der Waals surface area contributed by atoms with Gasteiger partial charge >= 0.3 is 0 Å². The van der Waals surface area contributed by atoms with Crippen molar-refractivity contribution in [2.24, 2.45) is 5.10 Å². The van der Waals surface area contributed by atoms with Gasteiger partial charge in [-0.15, -0.1) is 0 Å². The van der Waals surface area contributed by atoms with E-state index in [9.17, 15) is 9.90 Å². The molecule has 0 saturated carbocycles. The minimum atomic E-state index is -0.279. The third kappa shape index (κ3) is 3.96. The highest BCUT2D eigenvalue weighted by Crippen LogP contribution is 2.19. The SMILES string of the molecule is Cc1ccc(C)n1-c1cccc(C(=O)N/N=C\c2ccc(O)c(I)c2)c1. The number of carbonyl (C=O) groups excluding carboxylic acids is 1. The number of nitrogens with zero attached hydrogens (tertiary/aromatic N) is 2. The number of phenols is 1. The summed E-state index contributed by atoms with van der Waals surface area (Å²) < 4.78 is 2.82. The molecule has 0 fully saturated rings. The smallest absolute Gasteiger partial charge is 0.271 e. The third-order valence-electron chi connectivity index (χ3n) is 3.99. The topological polar surface area (TPSA) is 66.6 Å².